The van der Waals surface area contributed by atoms with Crippen molar-refractivity contribution in [2.24, 2.45) is 11.8 Å². The van der Waals surface area contributed by atoms with Gasteiger partial charge in [-0.25, -0.2) is 0 Å². The van der Waals surface area contributed by atoms with Crippen molar-refractivity contribution in [1.29, 1.82) is 5.26 Å². The van der Waals surface area contributed by atoms with Gasteiger partial charge in [0.15, 0.2) is 5.60 Å². The van der Waals surface area contributed by atoms with Crippen LogP contribution in [0.1, 0.15) is 39.0 Å². The maximum absolute atomic E-state index is 11.0. The standard InChI is InChI=1S/C11H15NO2/c1-8(13)14-11(7-12)5-4-9-2-3-10(11)6-9/h9-10H,2-6H2,1H3/t9-,10-,11+/m1/s1. The zero-order chi connectivity index (χ0) is 10.2. The molecule has 2 aliphatic rings. The summed E-state index contributed by atoms with van der Waals surface area (Å²) in [5, 5.41) is 9.18. The lowest BCUT2D eigenvalue weighted by Gasteiger charge is -2.35. The highest BCUT2D eigenvalue weighted by Gasteiger charge is 2.49. The average molecular weight is 193 g/mol. The van der Waals surface area contributed by atoms with Crippen LogP contribution in [0.2, 0.25) is 0 Å². The number of ether oxygens (including phenoxy) is 1. The normalized spacial score (nSPS) is 40.3. The largest absolute Gasteiger partial charge is 0.444 e. The highest BCUT2D eigenvalue weighted by Crippen LogP contribution is 2.48. The van der Waals surface area contributed by atoms with Gasteiger partial charge in [0.2, 0.25) is 0 Å². The minimum absolute atomic E-state index is 0.287. The molecule has 0 unspecified atom stereocenters. The van der Waals surface area contributed by atoms with E-state index in [0.717, 1.165) is 31.6 Å². The van der Waals surface area contributed by atoms with Gasteiger partial charge < -0.3 is 4.74 Å². The Balaban J connectivity index is 2.19. The lowest BCUT2D eigenvalue weighted by atomic mass is 9.77. The monoisotopic (exact) mass is 193 g/mol. The predicted molar refractivity (Wildman–Crippen MR) is 50.2 cm³/mol. The molecule has 0 saturated heterocycles. The van der Waals surface area contributed by atoms with Gasteiger partial charge in [-0.2, -0.15) is 5.26 Å². The second kappa shape index (κ2) is 3.27. The van der Waals surface area contributed by atoms with Crippen LogP contribution in [-0.2, 0) is 9.53 Å². The first-order valence-electron chi connectivity index (χ1n) is 5.27. The van der Waals surface area contributed by atoms with Crippen molar-refractivity contribution in [1.82, 2.24) is 0 Å². The Hall–Kier alpha value is -1.04. The van der Waals surface area contributed by atoms with Crippen molar-refractivity contribution >= 4 is 5.97 Å². The van der Waals surface area contributed by atoms with Crippen LogP contribution in [0, 0.1) is 23.2 Å². The SMILES string of the molecule is CC(=O)O[C@]1(C#N)CC[C@H]2CC[C@@H]1C2. The number of nitriles is 1. The van der Waals surface area contributed by atoms with E-state index in [9.17, 15) is 10.1 Å². The number of carbonyl (C=O) groups excluding carboxylic acids is 1. The third kappa shape index (κ3) is 1.39. The zero-order valence-corrected chi connectivity index (χ0v) is 8.45. The molecule has 2 aliphatic carbocycles. The molecule has 2 saturated carbocycles. The highest BCUT2D eigenvalue weighted by molar-refractivity contribution is 5.67. The Morgan fingerprint density at radius 3 is 2.93 bits per heavy atom. The van der Waals surface area contributed by atoms with E-state index in [1.165, 1.54) is 13.3 Å². The Bertz CT molecular complexity index is 294. The van der Waals surface area contributed by atoms with Crippen LogP contribution in [0.15, 0.2) is 0 Å². The maximum atomic E-state index is 11.0. The Labute approximate surface area is 84.0 Å². The number of hydrogen-bond donors (Lipinski definition) is 0. The number of nitrogens with zero attached hydrogens (tertiary/aromatic N) is 1. The molecule has 0 heterocycles. The quantitative estimate of drug-likeness (QED) is 0.598. The molecule has 0 aromatic carbocycles. The molecule has 0 aromatic heterocycles. The highest BCUT2D eigenvalue weighted by atomic mass is 16.6. The van der Waals surface area contributed by atoms with Crippen LogP contribution >= 0.6 is 0 Å². The van der Waals surface area contributed by atoms with E-state index in [1.807, 2.05) is 0 Å². The van der Waals surface area contributed by atoms with Gasteiger partial charge in [0.25, 0.3) is 0 Å². The van der Waals surface area contributed by atoms with Gasteiger partial charge in [-0.3, -0.25) is 4.79 Å². The second-order valence-corrected chi connectivity index (χ2v) is 4.51. The molecule has 3 nitrogen and oxygen atoms in total. The summed E-state index contributed by atoms with van der Waals surface area (Å²) in [6.45, 7) is 1.39. The number of rotatable bonds is 1. The van der Waals surface area contributed by atoms with Crippen molar-refractivity contribution in [2.75, 3.05) is 0 Å². The first kappa shape index (κ1) is 9.51. The summed E-state index contributed by atoms with van der Waals surface area (Å²) in [7, 11) is 0. The van der Waals surface area contributed by atoms with Gasteiger partial charge in [0, 0.05) is 19.3 Å². The van der Waals surface area contributed by atoms with Crippen molar-refractivity contribution in [3.05, 3.63) is 0 Å². The molecule has 0 N–H and O–H groups in total. The van der Waals surface area contributed by atoms with Crippen LogP contribution in [0.4, 0.5) is 0 Å². The molecule has 0 amide bonds. The Morgan fingerprint density at radius 1 is 1.50 bits per heavy atom. The van der Waals surface area contributed by atoms with E-state index < -0.39 is 5.60 Å². The minimum Gasteiger partial charge on any atom is -0.444 e. The summed E-state index contributed by atoms with van der Waals surface area (Å²) in [6.07, 6.45) is 5.09. The molecule has 2 rings (SSSR count). The molecule has 3 atom stereocenters. The fourth-order valence-electron chi connectivity index (χ4n) is 2.94. The third-order valence-electron chi connectivity index (χ3n) is 3.64. The Morgan fingerprint density at radius 2 is 2.29 bits per heavy atom. The predicted octanol–water partition coefficient (Wildman–Crippen LogP) is 2.02. The minimum atomic E-state index is -0.793. The molecule has 2 bridgehead atoms. The number of esters is 1. The topological polar surface area (TPSA) is 50.1 Å². The van der Waals surface area contributed by atoms with Gasteiger partial charge in [-0.05, 0) is 31.6 Å². The number of hydrogen-bond acceptors (Lipinski definition) is 3. The lowest BCUT2D eigenvalue weighted by molar-refractivity contribution is -0.158. The molecule has 0 spiro atoms. The van der Waals surface area contributed by atoms with Gasteiger partial charge in [-0.15, -0.1) is 0 Å². The van der Waals surface area contributed by atoms with Crippen molar-refractivity contribution in [2.45, 2.75) is 44.6 Å². The first-order chi connectivity index (χ1) is 6.66. The Kier molecular flexibility index (Phi) is 2.22. The van der Waals surface area contributed by atoms with E-state index in [0.29, 0.717) is 0 Å². The van der Waals surface area contributed by atoms with E-state index in [2.05, 4.69) is 6.07 Å². The fraction of sp³-hybridized carbons (Fsp3) is 0.818. The lowest BCUT2D eigenvalue weighted by Crippen LogP contribution is -2.42. The average Bonchev–Trinajstić information content (AvgIpc) is 2.55. The molecule has 2 fully saturated rings. The zero-order valence-electron chi connectivity index (χ0n) is 8.45. The summed E-state index contributed by atoms with van der Waals surface area (Å²) in [6, 6.07) is 2.23. The molecule has 3 heteroatoms. The van der Waals surface area contributed by atoms with Crippen LogP contribution in [0.5, 0.6) is 0 Å². The van der Waals surface area contributed by atoms with Gasteiger partial charge in [-0.1, -0.05) is 0 Å². The summed E-state index contributed by atoms with van der Waals surface area (Å²) < 4.78 is 5.26. The molecule has 0 aromatic rings. The molecule has 0 radical (unpaired) electrons. The summed E-state index contributed by atoms with van der Waals surface area (Å²) in [5.41, 5.74) is -0.793. The summed E-state index contributed by atoms with van der Waals surface area (Å²) >= 11 is 0. The second-order valence-electron chi connectivity index (χ2n) is 4.51. The van der Waals surface area contributed by atoms with Gasteiger partial charge in [0.05, 0.1) is 0 Å². The van der Waals surface area contributed by atoms with E-state index in [1.54, 1.807) is 0 Å². The van der Waals surface area contributed by atoms with Crippen molar-refractivity contribution < 1.29 is 9.53 Å². The fourth-order valence-corrected chi connectivity index (χ4v) is 2.94. The van der Waals surface area contributed by atoms with Crippen LogP contribution < -0.4 is 0 Å². The van der Waals surface area contributed by atoms with E-state index in [-0.39, 0.29) is 11.9 Å². The summed E-state index contributed by atoms with van der Waals surface area (Å²) in [5.74, 6) is 0.740. The maximum Gasteiger partial charge on any atom is 0.304 e. The van der Waals surface area contributed by atoms with Crippen molar-refractivity contribution in [3.8, 4) is 6.07 Å². The van der Waals surface area contributed by atoms with Crippen molar-refractivity contribution in [3.63, 3.8) is 0 Å². The third-order valence-corrected chi connectivity index (χ3v) is 3.64. The van der Waals surface area contributed by atoms with Gasteiger partial charge in [0.1, 0.15) is 6.07 Å². The molecule has 76 valence electrons. The summed E-state index contributed by atoms with van der Waals surface area (Å²) in [4.78, 5) is 11.0. The first-order valence-corrected chi connectivity index (χ1v) is 5.27. The van der Waals surface area contributed by atoms with E-state index >= 15 is 0 Å². The van der Waals surface area contributed by atoms with Crippen LogP contribution in [-0.4, -0.2) is 11.6 Å². The van der Waals surface area contributed by atoms with Crippen LogP contribution in [0.25, 0.3) is 0 Å². The molecule has 14 heavy (non-hydrogen) atoms. The molecule has 0 aliphatic heterocycles. The van der Waals surface area contributed by atoms with Crippen LogP contribution in [0.3, 0.4) is 0 Å². The smallest absolute Gasteiger partial charge is 0.304 e. The van der Waals surface area contributed by atoms with E-state index in [4.69, 9.17) is 4.74 Å². The number of fused-ring (bicyclic) bond motifs is 2. The van der Waals surface area contributed by atoms with Gasteiger partial charge >= 0.3 is 5.97 Å². The number of carbonyl (C=O) groups is 1. The molecular weight excluding hydrogens is 178 g/mol. The molecular formula is C11H15NO2.